The number of hydrogen-bond donors (Lipinski definition) is 2. The van der Waals surface area contributed by atoms with E-state index in [0.29, 0.717) is 17.2 Å². The molecule has 3 heterocycles. The van der Waals surface area contributed by atoms with Crippen LogP contribution in [0.2, 0.25) is 0 Å². The minimum Gasteiger partial charge on any atom is -0.381 e. The van der Waals surface area contributed by atoms with Crippen LogP contribution in [0.5, 0.6) is 0 Å². The van der Waals surface area contributed by atoms with E-state index in [2.05, 4.69) is 26.9 Å². The maximum absolute atomic E-state index is 14.0. The molecule has 2 N–H and O–H groups in total. The summed E-state index contributed by atoms with van der Waals surface area (Å²) >= 11 is 1.47. The third-order valence-corrected chi connectivity index (χ3v) is 8.45. The Kier molecular flexibility index (Phi) is 6.96. The fraction of sp³-hybridized carbons (Fsp3) is 0.391. The molecule has 1 saturated heterocycles. The molecule has 4 rings (SSSR count). The summed E-state index contributed by atoms with van der Waals surface area (Å²) in [5, 5.41) is 4.28. The zero-order valence-corrected chi connectivity index (χ0v) is 20.4. The van der Waals surface area contributed by atoms with Gasteiger partial charge in [0.25, 0.3) is 10.0 Å². The summed E-state index contributed by atoms with van der Waals surface area (Å²) < 4.78 is 47.8. The smallest absolute Gasteiger partial charge is 0.263 e. The van der Waals surface area contributed by atoms with Crippen LogP contribution in [0.15, 0.2) is 41.4 Å². The van der Waals surface area contributed by atoms with Crippen molar-refractivity contribution in [3.05, 3.63) is 53.7 Å². The van der Waals surface area contributed by atoms with Gasteiger partial charge >= 0.3 is 0 Å². The van der Waals surface area contributed by atoms with E-state index in [9.17, 15) is 12.8 Å². The van der Waals surface area contributed by atoms with E-state index in [1.165, 1.54) is 29.5 Å². The van der Waals surface area contributed by atoms with Gasteiger partial charge in [0.2, 0.25) is 0 Å². The highest BCUT2D eigenvalue weighted by Gasteiger charge is 2.24. The number of para-hydroxylation sites is 1. The van der Waals surface area contributed by atoms with Crippen molar-refractivity contribution in [1.29, 1.82) is 0 Å². The van der Waals surface area contributed by atoms with E-state index < -0.39 is 15.8 Å². The number of anilines is 2. The van der Waals surface area contributed by atoms with Crippen molar-refractivity contribution < 1.29 is 17.5 Å². The van der Waals surface area contributed by atoms with E-state index in [1.807, 2.05) is 6.92 Å². The third kappa shape index (κ3) is 5.34. The number of halogens is 1. The number of ether oxygens (including phenoxy) is 1. The second kappa shape index (κ2) is 9.74. The van der Waals surface area contributed by atoms with Crippen molar-refractivity contribution >= 4 is 32.2 Å². The molecule has 2 aromatic heterocycles. The maximum Gasteiger partial charge on any atom is 0.263 e. The Morgan fingerprint density at radius 1 is 1.18 bits per heavy atom. The lowest BCUT2D eigenvalue weighted by atomic mass is 9.93. The quantitative estimate of drug-likeness (QED) is 0.485. The zero-order chi connectivity index (χ0) is 23.6. The molecule has 0 radical (unpaired) electrons. The van der Waals surface area contributed by atoms with Gasteiger partial charge < -0.3 is 10.1 Å². The van der Waals surface area contributed by atoms with Gasteiger partial charge in [-0.15, -0.1) is 0 Å². The number of pyridine rings is 1. The van der Waals surface area contributed by atoms with Crippen LogP contribution in [0.25, 0.3) is 10.4 Å². The van der Waals surface area contributed by atoms with Crippen LogP contribution in [0.3, 0.4) is 0 Å². The second-order valence-electron chi connectivity index (χ2n) is 8.21. The molecule has 0 bridgehead atoms. The SMILES string of the molecule is Cc1ncc(-c2sc(NC(C)C3CCOCC3)nc2C)cc1S(=O)(=O)Nc1ccccc1F. The summed E-state index contributed by atoms with van der Waals surface area (Å²) in [6, 6.07) is 7.47. The van der Waals surface area contributed by atoms with Gasteiger partial charge in [-0.25, -0.2) is 17.8 Å². The topological polar surface area (TPSA) is 93.2 Å². The molecular weight excluding hydrogens is 463 g/mol. The first kappa shape index (κ1) is 23.6. The highest BCUT2D eigenvalue weighted by molar-refractivity contribution is 7.92. The van der Waals surface area contributed by atoms with Crippen LogP contribution < -0.4 is 10.0 Å². The van der Waals surface area contributed by atoms with Crippen LogP contribution in [-0.2, 0) is 14.8 Å². The summed E-state index contributed by atoms with van der Waals surface area (Å²) in [5.41, 5.74) is 1.66. The Hall–Kier alpha value is -2.56. The number of thiazole rings is 1. The summed E-state index contributed by atoms with van der Waals surface area (Å²) in [6.45, 7) is 7.22. The van der Waals surface area contributed by atoms with Crippen molar-refractivity contribution in [1.82, 2.24) is 9.97 Å². The van der Waals surface area contributed by atoms with E-state index in [4.69, 9.17) is 4.74 Å². The molecule has 1 fully saturated rings. The van der Waals surface area contributed by atoms with Gasteiger partial charge in [-0.2, -0.15) is 0 Å². The molecule has 0 amide bonds. The normalized spacial score (nSPS) is 15.9. The molecule has 33 heavy (non-hydrogen) atoms. The molecule has 0 saturated carbocycles. The molecule has 10 heteroatoms. The van der Waals surface area contributed by atoms with Crippen LogP contribution >= 0.6 is 11.3 Å². The number of hydrogen-bond acceptors (Lipinski definition) is 7. The van der Waals surface area contributed by atoms with Crippen LogP contribution in [-0.4, -0.2) is 37.6 Å². The molecule has 176 valence electrons. The number of rotatable bonds is 7. The minimum absolute atomic E-state index is 0.00105. The first-order valence-corrected chi connectivity index (χ1v) is 13.1. The second-order valence-corrected chi connectivity index (χ2v) is 10.9. The first-order valence-electron chi connectivity index (χ1n) is 10.8. The summed E-state index contributed by atoms with van der Waals surface area (Å²) in [6.07, 6.45) is 3.68. The zero-order valence-electron chi connectivity index (χ0n) is 18.8. The highest BCUT2D eigenvalue weighted by Crippen LogP contribution is 2.35. The van der Waals surface area contributed by atoms with Crippen molar-refractivity contribution in [2.24, 2.45) is 5.92 Å². The average Bonchev–Trinajstić information content (AvgIpc) is 3.16. The summed E-state index contributed by atoms with van der Waals surface area (Å²) in [7, 11) is -4.03. The molecule has 0 spiro atoms. The minimum atomic E-state index is -4.03. The van der Waals surface area contributed by atoms with Crippen molar-refractivity contribution in [2.75, 3.05) is 23.3 Å². The molecule has 0 aliphatic carbocycles. The van der Waals surface area contributed by atoms with Crippen molar-refractivity contribution in [2.45, 2.75) is 44.6 Å². The van der Waals surface area contributed by atoms with Crippen LogP contribution in [0.1, 0.15) is 31.2 Å². The van der Waals surface area contributed by atoms with Crippen molar-refractivity contribution in [3.63, 3.8) is 0 Å². The Morgan fingerprint density at radius 3 is 2.64 bits per heavy atom. The van der Waals surface area contributed by atoms with E-state index in [1.54, 1.807) is 25.3 Å². The largest absolute Gasteiger partial charge is 0.381 e. The first-order chi connectivity index (χ1) is 15.7. The lowest BCUT2D eigenvalue weighted by Gasteiger charge is -2.28. The highest BCUT2D eigenvalue weighted by atomic mass is 32.2. The number of nitrogens with one attached hydrogen (secondary N) is 2. The summed E-state index contributed by atoms with van der Waals surface area (Å²) in [5.74, 6) is -0.121. The van der Waals surface area contributed by atoms with E-state index in [-0.39, 0.29) is 16.6 Å². The van der Waals surface area contributed by atoms with Gasteiger partial charge in [-0.3, -0.25) is 9.71 Å². The van der Waals surface area contributed by atoms with Gasteiger partial charge in [-0.05, 0) is 57.7 Å². The average molecular weight is 491 g/mol. The van der Waals surface area contributed by atoms with Crippen LogP contribution in [0.4, 0.5) is 15.2 Å². The Morgan fingerprint density at radius 2 is 1.91 bits per heavy atom. The Labute approximate surface area is 197 Å². The third-order valence-electron chi connectivity index (χ3n) is 5.83. The number of nitrogens with zero attached hydrogens (tertiary/aromatic N) is 2. The predicted octanol–water partition coefficient (Wildman–Crippen LogP) is 4.99. The van der Waals surface area contributed by atoms with Gasteiger partial charge in [-0.1, -0.05) is 23.5 Å². The standard InChI is InChI=1S/C23H27FN4O3S2/c1-14(17-8-10-31-11-9-17)26-23-27-16(3)22(32-23)18-12-21(15(2)25-13-18)33(29,30)28-20-7-5-4-6-19(20)24/h4-7,12-14,17,28H,8-11H2,1-3H3,(H,26,27). The van der Waals surface area contributed by atoms with Crippen molar-refractivity contribution in [3.8, 4) is 10.4 Å². The molecule has 7 nitrogen and oxygen atoms in total. The van der Waals surface area contributed by atoms with E-state index >= 15 is 0 Å². The number of sulfonamides is 1. The molecule has 1 aliphatic rings. The lowest BCUT2D eigenvalue weighted by molar-refractivity contribution is 0.0622. The Bertz CT molecular complexity index is 1240. The predicted molar refractivity (Wildman–Crippen MR) is 129 cm³/mol. The number of aryl methyl sites for hydroxylation is 2. The molecule has 3 aromatic rings. The van der Waals surface area contributed by atoms with E-state index in [0.717, 1.165) is 41.8 Å². The molecule has 1 atom stereocenters. The van der Waals surface area contributed by atoms with Gasteiger partial charge in [0, 0.05) is 31.0 Å². The Balaban J connectivity index is 1.59. The molecule has 1 aromatic carbocycles. The van der Waals surface area contributed by atoms with Gasteiger partial charge in [0.05, 0.1) is 22.0 Å². The molecule has 1 aliphatic heterocycles. The lowest BCUT2D eigenvalue weighted by Crippen LogP contribution is -2.30. The fourth-order valence-electron chi connectivity index (χ4n) is 3.91. The monoisotopic (exact) mass is 490 g/mol. The fourth-order valence-corrected chi connectivity index (χ4v) is 6.24. The maximum atomic E-state index is 14.0. The number of benzene rings is 1. The summed E-state index contributed by atoms with van der Waals surface area (Å²) in [4.78, 5) is 9.79. The van der Waals surface area contributed by atoms with Gasteiger partial charge in [0.1, 0.15) is 10.7 Å². The van der Waals surface area contributed by atoms with Gasteiger partial charge in [0.15, 0.2) is 5.13 Å². The molecular formula is C23H27FN4O3S2. The molecule has 1 unspecified atom stereocenters. The van der Waals surface area contributed by atoms with Crippen LogP contribution in [0, 0.1) is 25.6 Å². The number of aromatic nitrogens is 2.